The van der Waals surface area contributed by atoms with Gasteiger partial charge in [0, 0.05) is 30.4 Å². The number of aromatic nitrogens is 2. The Kier molecular flexibility index (Phi) is 3.71. The van der Waals surface area contributed by atoms with Crippen molar-refractivity contribution in [3.8, 4) is 0 Å². The first-order valence-electron chi connectivity index (χ1n) is 8.49. The van der Waals surface area contributed by atoms with Gasteiger partial charge in [-0.2, -0.15) is 0 Å². The monoisotopic (exact) mass is 340 g/mol. The smallest absolute Gasteiger partial charge is 0.325 e. The van der Waals surface area contributed by atoms with Crippen LogP contribution in [0.5, 0.6) is 0 Å². The molecule has 0 spiro atoms. The fraction of sp³-hybridized carbons (Fsp3) is 0.389. The van der Waals surface area contributed by atoms with Crippen molar-refractivity contribution in [1.82, 2.24) is 14.9 Å². The number of para-hydroxylation sites is 1. The SMILES string of the molecule is CC(CC(=O)N1Cc2[nH]c(=O)[nH]c(=O)c2C1)N1CCc2ccccc21. The molecule has 2 aliphatic rings. The van der Waals surface area contributed by atoms with Crippen LogP contribution in [0, 0.1) is 0 Å². The van der Waals surface area contributed by atoms with Gasteiger partial charge in [-0.25, -0.2) is 4.79 Å². The molecule has 0 saturated carbocycles. The van der Waals surface area contributed by atoms with E-state index in [0.29, 0.717) is 17.7 Å². The molecular formula is C18H20N4O3. The minimum absolute atomic E-state index is 0.00618. The largest absolute Gasteiger partial charge is 0.368 e. The number of rotatable bonds is 3. The van der Waals surface area contributed by atoms with Crippen LogP contribution in [0.2, 0.25) is 0 Å². The van der Waals surface area contributed by atoms with E-state index >= 15 is 0 Å². The maximum absolute atomic E-state index is 12.7. The summed E-state index contributed by atoms with van der Waals surface area (Å²) in [6, 6.07) is 8.36. The van der Waals surface area contributed by atoms with Crippen molar-refractivity contribution in [3.63, 3.8) is 0 Å². The molecule has 7 heteroatoms. The molecule has 1 aromatic heterocycles. The average molecular weight is 340 g/mol. The third-order valence-electron chi connectivity index (χ3n) is 5.11. The molecule has 1 unspecified atom stereocenters. The summed E-state index contributed by atoms with van der Waals surface area (Å²) in [5, 5.41) is 0. The van der Waals surface area contributed by atoms with Gasteiger partial charge in [0.15, 0.2) is 0 Å². The number of benzene rings is 1. The van der Waals surface area contributed by atoms with Crippen LogP contribution in [-0.4, -0.2) is 33.4 Å². The molecule has 0 bridgehead atoms. The Labute approximate surface area is 144 Å². The van der Waals surface area contributed by atoms with Crippen molar-refractivity contribution in [1.29, 1.82) is 0 Å². The second-order valence-corrected chi connectivity index (χ2v) is 6.74. The molecule has 2 N–H and O–H groups in total. The zero-order chi connectivity index (χ0) is 17.6. The molecule has 2 aromatic rings. The molecule has 2 aliphatic heterocycles. The Morgan fingerprint density at radius 1 is 1.20 bits per heavy atom. The molecule has 1 amide bonds. The van der Waals surface area contributed by atoms with Gasteiger partial charge in [0.2, 0.25) is 5.91 Å². The van der Waals surface area contributed by atoms with Gasteiger partial charge >= 0.3 is 5.69 Å². The minimum atomic E-state index is -0.528. The number of H-pyrrole nitrogens is 2. The Bertz CT molecular complexity index is 946. The number of nitrogens with zero attached hydrogens (tertiary/aromatic N) is 2. The molecule has 1 aromatic carbocycles. The number of hydrogen-bond donors (Lipinski definition) is 2. The number of aromatic amines is 2. The van der Waals surface area contributed by atoms with Gasteiger partial charge in [0.1, 0.15) is 0 Å². The number of hydrogen-bond acceptors (Lipinski definition) is 4. The van der Waals surface area contributed by atoms with Crippen LogP contribution >= 0.6 is 0 Å². The maximum Gasteiger partial charge on any atom is 0.325 e. The van der Waals surface area contributed by atoms with E-state index in [0.717, 1.165) is 13.0 Å². The van der Waals surface area contributed by atoms with Crippen LogP contribution in [0.4, 0.5) is 5.69 Å². The van der Waals surface area contributed by atoms with Gasteiger partial charge in [-0.15, -0.1) is 0 Å². The highest BCUT2D eigenvalue weighted by atomic mass is 16.2. The number of fused-ring (bicyclic) bond motifs is 2. The van der Waals surface area contributed by atoms with E-state index in [-0.39, 0.29) is 25.0 Å². The summed E-state index contributed by atoms with van der Waals surface area (Å²) in [4.78, 5) is 44.6. The van der Waals surface area contributed by atoms with Crippen molar-refractivity contribution >= 4 is 11.6 Å². The van der Waals surface area contributed by atoms with Gasteiger partial charge in [-0.05, 0) is 25.0 Å². The lowest BCUT2D eigenvalue weighted by Gasteiger charge is -2.28. The Morgan fingerprint density at radius 3 is 2.84 bits per heavy atom. The summed E-state index contributed by atoms with van der Waals surface area (Å²) in [6.07, 6.45) is 1.38. The minimum Gasteiger partial charge on any atom is -0.368 e. The molecule has 4 rings (SSSR count). The van der Waals surface area contributed by atoms with E-state index in [2.05, 4.69) is 33.9 Å². The lowest BCUT2D eigenvalue weighted by Crippen LogP contribution is -2.37. The Balaban J connectivity index is 1.46. The van der Waals surface area contributed by atoms with Crippen LogP contribution in [0.15, 0.2) is 33.9 Å². The molecule has 0 aliphatic carbocycles. The zero-order valence-electron chi connectivity index (χ0n) is 14.0. The number of carbonyl (C=O) groups excluding carboxylic acids is 1. The van der Waals surface area contributed by atoms with E-state index in [1.807, 2.05) is 12.1 Å². The van der Waals surface area contributed by atoms with E-state index < -0.39 is 11.2 Å². The molecular weight excluding hydrogens is 320 g/mol. The van der Waals surface area contributed by atoms with Gasteiger partial charge in [0.05, 0.1) is 18.7 Å². The highest BCUT2D eigenvalue weighted by Crippen LogP contribution is 2.30. The molecule has 0 fully saturated rings. The van der Waals surface area contributed by atoms with Crippen molar-refractivity contribution in [2.75, 3.05) is 11.4 Å². The third kappa shape index (κ3) is 2.75. The number of anilines is 1. The van der Waals surface area contributed by atoms with Crippen LogP contribution in [0.3, 0.4) is 0 Å². The normalized spacial score (nSPS) is 16.7. The number of amides is 1. The second kappa shape index (κ2) is 5.91. The van der Waals surface area contributed by atoms with Crippen LogP contribution in [-0.2, 0) is 24.3 Å². The van der Waals surface area contributed by atoms with E-state index in [9.17, 15) is 14.4 Å². The Hall–Kier alpha value is -2.83. The average Bonchev–Trinajstić information content (AvgIpc) is 3.18. The van der Waals surface area contributed by atoms with Crippen molar-refractivity contribution in [2.45, 2.75) is 38.9 Å². The first kappa shape index (κ1) is 15.7. The fourth-order valence-corrected chi connectivity index (χ4v) is 3.79. The summed E-state index contributed by atoms with van der Waals surface area (Å²) < 4.78 is 0. The van der Waals surface area contributed by atoms with Gasteiger partial charge in [-0.3, -0.25) is 14.6 Å². The summed E-state index contributed by atoms with van der Waals surface area (Å²) in [7, 11) is 0. The van der Waals surface area contributed by atoms with Crippen LogP contribution in [0.25, 0.3) is 0 Å². The predicted octanol–water partition coefficient (Wildman–Crippen LogP) is 0.747. The maximum atomic E-state index is 12.7. The van der Waals surface area contributed by atoms with Crippen LogP contribution in [0.1, 0.15) is 30.2 Å². The summed E-state index contributed by atoms with van der Waals surface area (Å²) in [6.45, 7) is 3.51. The topological polar surface area (TPSA) is 89.3 Å². The van der Waals surface area contributed by atoms with E-state index in [4.69, 9.17) is 0 Å². The molecule has 0 radical (unpaired) electrons. The highest BCUT2D eigenvalue weighted by molar-refractivity contribution is 5.78. The Morgan fingerprint density at radius 2 is 2.00 bits per heavy atom. The lowest BCUT2D eigenvalue weighted by atomic mass is 10.1. The lowest BCUT2D eigenvalue weighted by molar-refractivity contribution is -0.132. The van der Waals surface area contributed by atoms with E-state index in [1.54, 1.807) is 4.90 Å². The molecule has 25 heavy (non-hydrogen) atoms. The highest BCUT2D eigenvalue weighted by Gasteiger charge is 2.30. The number of carbonyl (C=O) groups is 1. The first-order chi connectivity index (χ1) is 12.0. The van der Waals surface area contributed by atoms with Crippen molar-refractivity contribution < 1.29 is 4.79 Å². The quantitative estimate of drug-likeness (QED) is 0.863. The van der Waals surface area contributed by atoms with Crippen molar-refractivity contribution in [3.05, 3.63) is 61.9 Å². The predicted molar refractivity (Wildman–Crippen MR) is 93.5 cm³/mol. The first-order valence-corrected chi connectivity index (χ1v) is 8.49. The van der Waals surface area contributed by atoms with Gasteiger partial charge in [-0.1, -0.05) is 18.2 Å². The van der Waals surface area contributed by atoms with Gasteiger partial charge in [0.25, 0.3) is 5.56 Å². The number of nitrogens with one attached hydrogen (secondary N) is 2. The fourth-order valence-electron chi connectivity index (χ4n) is 3.79. The second-order valence-electron chi connectivity index (χ2n) is 6.74. The molecule has 130 valence electrons. The van der Waals surface area contributed by atoms with Gasteiger partial charge < -0.3 is 14.8 Å². The summed E-state index contributed by atoms with van der Waals surface area (Å²) >= 11 is 0. The summed E-state index contributed by atoms with van der Waals surface area (Å²) in [5.41, 5.74) is 2.61. The molecule has 3 heterocycles. The molecule has 1 atom stereocenters. The standard InChI is InChI=1S/C18H20N4O3/c1-11(22-7-6-12-4-2-3-5-15(12)22)8-16(23)21-9-13-14(10-21)19-18(25)20-17(13)24/h2-5,11H,6-10H2,1H3,(H2,19,20,24,25). The molecule has 7 nitrogen and oxygen atoms in total. The van der Waals surface area contributed by atoms with E-state index in [1.165, 1.54) is 11.3 Å². The van der Waals surface area contributed by atoms with Crippen molar-refractivity contribution in [2.24, 2.45) is 0 Å². The summed E-state index contributed by atoms with van der Waals surface area (Å²) in [5.74, 6) is -0.00618. The molecule has 0 saturated heterocycles. The zero-order valence-corrected chi connectivity index (χ0v) is 14.0. The van der Waals surface area contributed by atoms with Crippen LogP contribution < -0.4 is 16.1 Å². The third-order valence-corrected chi connectivity index (χ3v) is 5.11.